The maximum absolute atomic E-state index is 12.6. The summed E-state index contributed by atoms with van der Waals surface area (Å²) < 4.78 is 0. The number of rotatable bonds is 10. The van der Waals surface area contributed by atoms with E-state index in [1.54, 1.807) is 0 Å². The van der Waals surface area contributed by atoms with Crippen LogP contribution in [-0.4, -0.2) is 41.7 Å². The Morgan fingerprint density at radius 3 is 2.85 bits per heavy atom. The molecule has 2 atom stereocenters. The van der Waals surface area contributed by atoms with Gasteiger partial charge in [0.25, 0.3) is 0 Å². The number of nitrogens with one attached hydrogen (secondary N) is 1. The Labute approximate surface area is 159 Å². The molecule has 2 unspecified atom stereocenters. The van der Waals surface area contributed by atoms with Crippen LogP contribution in [0, 0.1) is 0 Å². The summed E-state index contributed by atoms with van der Waals surface area (Å²) in [6, 6.07) is 6.80. The van der Waals surface area contributed by atoms with Gasteiger partial charge in [-0.1, -0.05) is 57.7 Å². The molecular weight excluding hydrogens is 324 g/mol. The molecule has 0 aliphatic carbocycles. The van der Waals surface area contributed by atoms with Crippen molar-refractivity contribution in [2.75, 3.05) is 19.6 Å². The number of benzene rings is 1. The van der Waals surface area contributed by atoms with Crippen molar-refractivity contribution in [3.63, 3.8) is 0 Å². The molecule has 0 fully saturated rings. The first-order chi connectivity index (χ1) is 12.6. The Bertz CT molecular complexity index is 573. The minimum Gasteiger partial charge on any atom is -0.392 e. The molecule has 2 rings (SSSR count). The van der Waals surface area contributed by atoms with Gasteiger partial charge in [-0.25, -0.2) is 0 Å². The summed E-state index contributed by atoms with van der Waals surface area (Å²) in [6.07, 6.45) is 7.08. The zero-order valence-corrected chi connectivity index (χ0v) is 16.8. The van der Waals surface area contributed by atoms with Crippen molar-refractivity contribution in [1.82, 2.24) is 10.2 Å². The number of hydrogen-bond acceptors (Lipinski definition) is 3. The van der Waals surface area contributed by atoms with Crippen molar-refractivity contribution in [2.24, 2.45) is 0 Å². The lowest BCUT2D eigenvalue weighted by molar-refractivity contribution is -0.132. The number of carbonyl (C=O) groups is 1. The van der Waals surface area contributed by atoms with Crippen LogP contribution < -0.4 is 5.32 Å². The predicted molar refractivity (Wildman–Crippen MR) is 107 cm³/mol. The van der Waals surface area contributed by atoms with E-state index in [1.807, 2.05) is 4.90 Å². The van der Waals surface area contributed by atoms with Crippen LogP contribution in [0.1, 0.15) is 75.6 Å². The third-order valence-corrected chi connectivity index (χ3v) is 5.53. The third-order valence-electron chi connectivity index (χ3n) is 5.53. The minimum atomic E-state index is -0.355. The molecular formula is C22H36N2O2. The number of nitrogens with zero attached hydrogens (tertiary/aromatic N) is 1. The van der Waals surface area contributed by atoms with Crippen LogP contribution >= 0.6 is 0 Å². The molecule has 0 spiro atoms. The Balaban J connectivity index is 1.79. The molecule has 0 saturated heterocycles. The molecule has 1 heterocycles. The number of amides is 1. The van der Waals surface area contributed by atoms with Crippen molar-refractivity contribution in [3.05, 3.63) is 34.9 Å². The maximum atomic E-state index is 12.6. The van der Waals surface area contributed by atoms with Gasteiger partial charge in [-0.05, 0) is 42.9 Å². The lowest BCUT2D eigenvalue weighted by Crippen LogP contribution is -2.44. The van der Waals surface area contributed by atoms with Gasteiger partial charge in [0, 0.05) is 13.1 Å². The van der Waals surface area contributed by atoms with Crippen LogP contribution in [0.15, 0.2) is 18.2 Å². The van der Waals surface area contributed by atoms with Gasteiger partial charge >= 0.3 is 0 Å². The lowest BCUT2D eigenvalue weighted by atomic mass is 9.91. The smallest absolute Gasteiger partial charge is 0.237 e. The fourth-order valence-corrected chi connectivity index (χ4v) is 3.78. The highest BCUT2D eigenvalue weighted by molar-refractivity contribution is 5.79. The number of aliphatic hydroxyl groups excluding tert-OH is 1. The molecule has 26 heavy (non-hydrogen) atoms. The SMILES string of the molecule is CCCCCCC(O)CNCC(=O)N1CCc2ccc(CC)cc2C1C. The Morgan fingerprint density at radius 1 is 1.31 bits per heavy atom. The second kappa shape index (κ2) is 10.7. The van der Waals surface area contributed by atoms with Crippen LogP contribution in [-0.2, 0) is 17.6 Å². The van der Waals surface area contributed by atoms with E-state index in [0.29, 0.717) is 13.1 Å². The van der Waals surface area contributed by atoms with Gasteiger partial charge in [0.2, 0.25) is 5.91 Å². The van der Waals surface area contributed by atoms with E-state index in [2.05, 4.69) is 44.3 Å². The van der Waals surface area contributed by atoms with Crippen LogP contribution in [0.25, 0.3) is 0 Å². The summed E-state index contributed by atoms with van der Waals surface area (Å²) in [5.41, 5.74) is 3.99. The van der Waals surface area contributed by atoms with Crippen molar-refractivity contribution < 1.29 is 9.90 Å². The summed E-state index contributed by atoms with van der Waals surface area (Å²) in [6.45, 7) is 8.05. The first-order valence-corrected chi connectivity index (χ1v) is 10.4. The van der Waals surface area contributed by atoms with E-state index >= 15 is 0 Å². The Kier molecular flexibility index (Phi) is 8.60. The summed E-state index contributed by atoms with van der Waals surface area (Å²) in [4.78, 5) is 14.6. The summed E-state index contributed by atoms with van der Waals surface area (Å²) in [7, 11) is 0. The molecule has 1 amide bonds. The topological polar surface area (TPSA) is 52.6 Å². The van der Waals surface area contributed by atoms with Crippen LogP contribution in [0.2, 0.25) is 0 Å². The molecule has 0 saturated carbocycles. The average Bonchev–Trinajstić information content (AvgIpc) is 2.65. The Hall–Kier alpha value is -1.39. The van der Waals surface area contributed by atoms with E-state index in [9.17, 15) is 9.90 Å². The monoisotopic (exact) mass is 360 g/mol. The molecule has 4 nitrogen and oxygen atoms in total. The molecule has 1 aromatic carbocycles. The molecule has 0 bridgehead atoms. The summed E-state index contributed by atoms with van der Waals surface area (Å²) in [5.74, 6) is 0.128. The number of hydrogen-bond donors (Lipinski definition) is 2. The molecule has 4 heteroatoms. The van der Waals surface area contributed by atoms with Gasteiger partial charge in [-0.15, -0.1) is 0 Å². The summed E-state index contributed by atoms with van der Waals surface area (Å²) >= 11 is 0. The fourth-order valence-electron chi connectivity index (χ4n) is 3.78. The number of carbonyl (C=O) groups excluding carboxylic acids is 1. The normalized spacial score (nSPS) is 17.8. The van der Waals surface area contributed by atoms with Crippen LogP contribution in [0.3, 0.4) is 0 Å². The largest absolute Gasteiger partial charge is 0.392 e. The zero-order valence-electron chi connectivity index (χ0n) is 16.8. The van der Waals surface area contributed by atoms with E-state index in [0.717, 1.165) is 32.2 Å². The van der Waals surface area contributed by atoms with Gasteiger partial charge in [0.1, 0.15) is 0 Å². The number of unbranched alkanes of at least 4 members (excludes halogenated alkanes) is 3. The quantitative estimate of drug-likeness (QED) is 0.627. The number of aliphatic hydroxyl groups is 1. The highest BCUT2D eigenvalue weighted by atomic mass is 16.3. The third kappa shape index (κ3) is 5.82. The standard InChI is InChI=1S/C22H36N2O2/c1-4-6-7-8-9-20(25)15-23-16-22(26)24-13-12-19-11-10-18(5-2)14-21(19)17(24)3/h10-11,14,17,20,23,25H,4-9,12-13,15-16H2,1-3H3. The summed E-state index contributed by atoms with van der Waals surface area (Å²) in [5, 5.41) is 13.2. The van der Waals surface area contributed by atoms with Gasteiger partial charge in [0.05, 0.1) is 18.7 Å². The maximum Gasteiger partial charge on any atom is 0.237 e. The number of aryl methyl sites for hydroxylation is 1. The van der Waals surface area contributed by atoms with Crippen molar-refractivity contribution in [2.45, 2.75) is 77.9 Å². The highest BCUT2D eigenvalue weighted by Gasteiger charge is 2.27. The molecule has 2 N–H and O–H groups in total. The van der Waals surface area contributed by atoms with Crippen molar-refractivity contribution >= 4 is 5.91 Å². The molecule has 1 aliphatic heterocycles. The first kappa shape index (κ1) is 20.9. The molecule has 1 aromatic rings. The second-order valence-electron chi connectivity index (χ2n) is 7.53. The van der Waals surface area contributed by atoms with Crippen molar-refractivity contribution in [1.29, 1.82) is 0 Å². The van der Waals surface area contributed by atoms with Crippen LogP contribution in [0.4, 0.5) is 0 Å². The van der Waals surface area contributed by atoms with Crippen molar-refractivity contribution in [3.8, 4) is 0 Å². The molecule has 146 valence electrons. The van der Waals surface area contributed by atoms with E-state index < -0.39 is 0 Å². The highest BCUT2D eigenvalue weighted by Crippen LogP contribution is 2.30. The molecule has 1 aliphatic rings. The predicted octanol–water partition coefficient (Wildman–Crippen LogP) is 3.62. The lowest BCUT2D eigenvalue weighted by Gasteiger charge is -2.36. The second-order valence-corrected chi connectivity index (χ2v) is 7.53. The van der Waals surface area contributed by atoms with Gasteiger partial charge in [0.15, 0.2) is 0 Å². The average molecular weight is 361 g/mol. The van der Waals surface area contributed by atoms with E-state index in [-0.39, 0.29) is 18.1 Å². The van der Waals surface area contributed by atoms with Gasteiger partial charge in [-0.3, -0.25) is 4.79 Å². The number of fused-ring (bicyclic) bond motifs is 1. The van der Waals surface area contributed by atoms with Gasteiger partial charge in [-0.2, -0.15) is 0 Å². The van der Waals surface area contributed by atoms with Gasteiger partial charge < -0.3 is 15.3 Å². The molecule has 0 aromatic heterocycles. The zero-order chi connectivity index (χ0) is 18.9. The van der Waals surface area contributed by atoms with E-state index in [1.165, 1.54) is 36.0 Å². The minimum absolute atomic E-state index is 0.124. The van der Waals surface area contributed by atoms with Crippen LogP contribution in [0.5, 0.6) is 0 Å². The Morgan fingerprint density at radius 2 is 2.12 bits per heavy atom. The van der Waals surface area contributed by atoms with E-state index in [4.69, 9.17) is 0 Å². The molecule has 0 radical (unpaired) electrons. The fraction of sp³-hybridized carbons (Fsp3) is 0.682. The first-order valence-electron chi connectivity index (χ1n) is 10.4.